The van der Waals surface area contributed by atoms with Crippen molar-refractivity contribution in [1.29, 1.82) is 0 Å². The maximum atomic E-state index is 13.6. The summed E-state index contributed by atoms with van der Waals surface area (Å²) in [6.07, 6.45) is 0.677. The molecule has 1 amide bonds. The van der Waals surface area contributed by atoms with E-state index in [0.29, 0.717) is 25.1 Å². The van der Waals surface area contributed by atoms with Gasteiger partial charge in [0.1, 0.15) is 5.82 Å². The minimum atomic E-state index is -0.567. The first kappa shape index (κ1) is 15.2. The Morgan fingerprint density at radius 1 is 1.53 bits per heavy atom. The standard InChI is InChI=1S/C14H17FN2O2/c1-19-9-3-8-17-14(18)12-10-11(4-2-7-16)5-6-13(12)15/h5-6,10H,3,7-9,16H2,1H3,(H,17,18). The average Bonchev–Trinajstić information content (AvgIpc) is 2.42. The van der Waals surface area contributed by atoms with Crippen molar-refractivity contribution >= 4 is 5.91 Å². The molecule has 102 valence electrons. The molecule has 0 unspecified atom stereocenters. The number of carbonyl (C=O) groups excluding carboxylic acids is 1. The molecule has 0 fully saturated rings. The first-order valence-electron chi connectivity index (χ1n) is 5.94. The second-order valence-corrected chi connectivity index (χ2v) is 3.80. The van der Waals surface area contributed by atoms with Crippen LogP contribution >= 0.6 is 0 Å². The minimum absolute atomic E-state index is 0.0127. The molecular formula is C14H17FN2O2. The van der Waals surface area contributed by atoms with E-state index in [1.54, 1.807) is 7.11 Å². The topological polar surface area (TPSA) is 64.3 Å². The first-order valence-corrected chi connectivity index (χ1v) is 5.94. The van der Waals surface area contributed by atoms with Crippen molar-refractivity contribution in [3.8, 4) is 11.8 Å². The second-order valence-electron chi connectivity index (χ2n) is 3.80. The van der Waals surface area contributed by atoms with Crippen LogP contribution in [-0.4, -0.2) is 32.7 Å². The molecule has 1 rings (SSSR count). The van der Waals surface area contributed by atoms with Crippen LogP contribution in [0.15, 0.2) is 18.2 Å². The molecule has 5 heteroatoms. The van der Waals surface area contributed by atoms with Gasteiger partial charge in [0, 0.05) is 25.8 Å². The molecule has 4 nitrogen and oxygen atoms in total. The van der Waals surface area contributed by atoms with Crippen molar-refractivity contribution < 1.29 is 13.9 Å². The van der Waals surface area contributed by atoms with Crippen LogP contribution in [0.3, 0.4) is 0 Å². The summed E-state index contributed by atoms with van der Waals surface area (Å²) < 4.78 is 18.4. The summed E-state index contributed by atoms with van der Waals surface area (Å²) in [6.45, 7) is 1.20. The lowest BCUT2D eigenvalue weighted by molar-refractivity contribution is 0.0944. The number of benzene rings is 1. The normalized spacial score (nSPS) is 9.63. The summed E-state index contributed by atoms with van der Waals surface area (Å²) in [5.41, 5.74) is 5.81. The maximum Gasteiger partial charge on any atom is 0.254 e. The fourth-order valence-corrected chi connectivity index (χ4v) is 1.44. The highest BCUT2D eigenvalue weighted by Gasteiger charge is 2.11. The van der Waals surface area contributed by atoms with E-state index in [0.717, 1.165) is 0 Å². The number of amides is 1. The van der Waals surface area contributed by atoms with Gasteiger partial charge in [0.2, 0.25) is 0 Å². The minimum Gasteiger partial charge on any atom is -0.385 e. The number of nitrogens with two attached hydrogens (primary N) is 1. The number of hydrogen-bond donors (Lipinski definition) is 2. The number of carbonyl (C=O) groups is 1. The maximum absolute atomic E-state index is 13.6. The Kier molecular flexibility index (Phi) is 6.58. The van der Waals surface area contributed by atoms with Crippen LogP contribution in [0.4, 0.5) is 4.39 Å². The third-order valence-corrected chi connectivity index (χ3v) is 2.36. The highest BCUT2D eigenvalue weighted by Crippen LogP contribution is 2.10. The van der Waals surface area contributed by atoms with Crippen molar-refractivity contribution in [1.82, 2.24) is 5.32 Å². The summed E-state index contributed by atoms with van der Waals surface area (Å²) in [5, 5.41) is 2.63. The molecule has 0 radical (unpaired) electrons. The number of methoxy groups -OCH3 is 1. The SMILES string of the molecule is COCCCNC(=O)c1cc(C#CCN)ccc1F. The predicted octanol–water partition coefficient (Wildman–Crippen LogP) is 0.902. The number of hydrogen-bond acceptors (Lipinski definition) is 3. The summed E-state index contributed by atoms with van der Waals surface area (Å²) in [4.78, 5) is 11.8. The zero-order valence-electron chi connectivity index (χ0n) is 10.8. The lowest BCUT2D eigenvalue weighted by atomic mass is 10.1. The van der Waals surface area contributed by atoms with Gasteiger partial charge >= 0.3 is 0 Å². The number of halogens is 1. The Labute approximate surface area is 112 Å². The van der Waals surface area contributed by atoms with Crippen molar-refractivity contribution in [2.75, 3.05) is 26.8 Å². The van der Waals surface area contributed by atoms with Crippen LogP contribution in [0.5, 0.6) is 0 Å². The molecule has 3 N–H and O–H groups in total. The average molecular weight is 264 g/mol. The third-order valence-electron chi connectivity index (χ3n) is 2.36. The van der Waals surface area contributed by atoms with E-state index < -0.39 is 11.7 Å². The molecule has 19 heavy (non-hydrogen) atoms. The molecule has 0 spiro atoms. The van der Waals surface area contributed by atoms with Crippen molar-refractivity contribution in [3.05, 3.63) is 35.1 Å². The number of nitrogens with one attached hydrogen (secondary N) is 1. The van der Waals surface area contributed by atoms with E-state index in [2.05, 4.69) is 17.2 Å². The largest absolute Gasteiger partial charge is 0.385 e. The van der Waals surface area contributed by atoms with E-state index >= 15 is 0 Å². The van der Waals surface area contributed by atoms with Gasteiger partial charge in [0.15, 0.2) is 0 Å². The van der Waals surface area contributed by atoms with Crippen molar-refractivity contribution in [3.63, 3.8) is 0 Å². The molecule has 0 bridgehead atoms. The van der Waals surface area contributed by atoms with Gasteiger partial charge in [-0.2, -0.15) is 0 Å². The van der Waals surface area contributed by atoms with Gasteiger partial charge in [-0.05, 0) is 24.6 Å². The van der Waals surface area contributed by atoms with Crippen molar-refractivity contribution in [2.24, 2.45) is 5.73 Å². The third kappa shape index (κ3) is 5.08. The second kappa shape index (κ2) is 8.25. The molecule has 0 aliphatic carbocycles. The van der Waals surface area contributed by atoms with Gasteiger partial charge in [-0.15, -0.1) is 0 Å². The Bertz CT molecular complexity index is 492. The molecule has 1 aromatic rings. The van der Waals surface area contributed by atoms with Crippen LogP contribution in [0.1, 0.15) is 22.3 Å². The fourth-order valence-electron chi connectivity index (χ4n) is 1.44. The molecule has 0 heterocycles. The smallest absolute Gasteiger partial charge is 0.254 e. The van der Waals surface area contributed by atoms with E-state index in [1.165, 1.54) is 18.2 Å². The van der Waals surface area contributed by atoms with Gasteiger partial charge in [0.25, 0.3) is 5.91 Å². The van der Waals surface area contributed by atoms with Crippen LogP contribution in [0.2, 0.25) is 0 Å². The number of ether oxygens (including phenoxy) is 1. The molecule has 0 aromatic heterocycles. The molecule has 0 saturated carbocycles. The van der Waals surface area contributed by atoms with Gasteiger partial charge in [-0.25, -0.2) is 4.39 Å². The van der Waals surface area contributed by atoms with Gasteiger partial charge < -0.3 is 15.8 Å². The number of rotatable bonds is 5. The van der Waals surface area contributed by atoms with Gasteiger partial charge in [-0.3, -0.25) is 4.79 Å². The Morgan fingerprint density at radius 3 is 3.00 bits per heavy atom. The van der Waals surface area contributed by atoms with E-state index in [9.17, 15) is 9.18 Å². The summed E-state index contributed by atoms with van der Waals surface area (Å²) in [5.74, 6) is 4.40. The van der Waals surface area contributed by atoms with E-state index in [1.807, 2.05) is 0 Å². The molecule has 1 aromatic carbocycles. The monoisotopic (exact) mass is 264 g/mol. The van der Waals surface area contributed by atoms with Crippen LogP contribution < -0.4 is 11.1 Å². The lowest BCUT2D eigenvalue weighted by Crippen LogP contribution is -2.26. The Morgan fingerprint density at radius 2 is 2.32 bits per heavy atom. The van der Waals surface area contributed by atoms with Crippen LogP contribution in [0, 0.1) is 17.7 Å². The molecule has 0 aliphatic rings. The molecule has 0 saturated heterocycles. The Balaban J connectivity index is 2.72. The highest BCUT2D eigenvalue weighted by molar-refractivity contribution is 5.94. The highest BCUT2D eigenvalue weighted by atomic mass is 19.1. The zero-order chi connectivity index (χ0) is 14.1. The lowest BCUT2D eigenvalue weighted by Gasteiger charge is -2.06. The van der Waals surface area contributed by atoms with Crippen molar-refractivity contribution in [2.45, 2.75) is 6.42 Å². The summed E-state index contributed by atoms with van der Waals surface area (Å²) >= 11 is 0. The molecule has 0 atom stereocenters. The first-order chi connectivity index (χ1) is 9.19. The van der Waals surface area contributed by atoms with Gasteiger partial charge in [0.05, 0.1) is 12.1 Å². The summed E-state index contributed by atoms with van der Waals surface area (Å²) in [6, 6.07) is 4.16. The summed E-state index contributed by atoms with van der Waals surface area (Å²) in [7, 11) is 1.58. The fraction of sp³-hybridized carbons (Fsp3) is 0.357. The zero-order valence-corrected chi connectivity index (χ0v) is 10.8. The molecule has 0 aliphatic heterocycles. The quantitative estimate of drug-likeness (QED) is 0.613. The van der Waals surface area contributed by atoms with E-state index in [-0.39, 0.29) is 12.1 Å². The van der Waals surface area contributed by atoms with E-state index in [4.69, 9.17) is 10.5 Å². The van der Waals surface area contributed by atoms with Gasteiger partial charge in [-0.1, -0.05) is 11.8 Å². The van der Waals surface area contributed by atoms with Crippen LogP contribution in [0.25, 0.3) is 0 Å². The predicted molar refractivity (Wildman–Crippen MR) is 71.2 cm³/mol. The molecular weight excluding hydrogens is 247 g/mol. The van der Waals surface area contributed by atoms with Crippen LogP contribution in [-0.2, 0) is 4.74 Å². The Hall–Kier alpha value is -1.90.